The van der Waals surface area contributed by atoms with Gasteiger partial charge >= 0.3 is 5.97 Å². The summed E-state index contributed by atoms with van der Waals surface area (Å²) in [5, 5.41) is 25.0. The zero-order valence-corrected chi connectivity index (χ0v) is 50.2. The molecule has 0 aliphatic rings. The number of carbonyl (C=O) groups is 2. The summed E-state index contributed by atoms with van der Waals surface area (Å²) < 4.78 is 22.6. The summed E-state index contributed by atoms with van der Waals surface area (Å²) >= 11 is 12.3. The Balaban J connectivity index is 0.000000183. The van der Waals surface area contributed by atoms with Gasteiger partial charge in [0.1, 0.15) is 64.5 Å². The fourth-order valence-electron chi connectivity index (χ4n) is 8.72. The van der Waals surface area contributed by atoms with E-state index in [1.807, 2.05) is 98.5 Å². The van der Waals surface area contributed by atoms with Gasteiger partial charge in [-0.15, -0.1) is 0 Å². The molecule has 79 heavy (non-hydrogen) atoms. The molecule has 416 valence electrons. The van der Waals surface area contributed by atoms with Gasteiger partial charge in [0.25, 0.3) is 5.91 Å². The third-order valence-corrected chi connectivity index (χ3v) is 16.9. The molecule has 25 heteroatoms. The van der Waals surface area contributed by atoms with Crippen LogP contribution in [0.2, 0.25) is 61.4 Å². The Bertz CT molecular complexity index is 3810. The maximum atomic E-state index is 13.6. The average Bonchev–Trinajstić information content (AvgIpc) is 4.45. The maximum Gasteiger partial charge on any atom is 0.339 e. The average molecular weight is 1150 g/mol. The molecule has 0 bridgehead atoms. The van der Waals surface area contributed by atoms with Gasteiger partial charge in [-0.25, -0.2) is 34.7 Å². The number of aromatic nitrogens is 14. The van der Waals surface area contributed by atoms with Crippen LogP contribution >= 0.6 is 23.2 Å². The molecule has 10 rings (SSSR count). The van der Waals surface area contributed by atoms with Crippen LogP contribution < -0.4 is 11.1 Å². The number of rotatable bonds is 17. The van der Waals surface area contributed by atoms with Gasteiger partial charge in [0, 0.05) is 116 Å². The number of nitrogens with zero attached hydrogens (tertiary/aromatic N) is 14. The van der Waals surface area contributed by atoms with Crippen LogP contribution in [0.5, 0.6) is 0 Å². The molecule has 8 aromatic heterocycles. The Morgan fingerprint density at radius 3 is 1.52 bits per heavy atom. The minimum atomic E-state index is -1.23. The van der Waals surface area contributed by atoms with Gasteiger partial charge in [-0.1, -0.05) is 62.5 Å². The SMILES string of the molecule is CC(N)c1nccn1C.CC(NC(=O)c1cn(COCC[Si](C)(C)C)c2ncc(-c3nn(C)c4cc(Cl)ccc34)nc12)c1nccn1C.Cn1nc(-c2cnc3c(n2)c(C(=O)O)cn3COCC[Si](C)(C)C)c2ccc(Cl)cc21. The summed E-state index contributed by atoms with van der Waals surface area (Å²) in [5.41, 5.74) is 12.0. The van der Waals surface area contributed by atoms with E-state index in [0.29, 0.717) is 73.9 Å². The van der Waals surface area contributed by atoms with Crippen molar-refractivity contribution in [3.05, 3.63) is 119 Å². The second-order valence-electron chi connectivity index (χ2n) is 21.9. The van der Waals surface area contributed by atoms with Gasteiger partial charge in [-0.3, -0.25) is 14.2 Å². The third kappa shape index (κ3) is 13.7. The predicted octanol–water partition coefficient (Wildman–Crippen LogP) is 10.3. The summed E-state index contributed by atoms with van der Waals surface area (Å²) in [6.45, 7) is 19.4. The van der Waals surface area contributed by atoms with E-state index >= 15 is 0 Å². The number of carboxylic acid groups (broad SMARTS) is 1. The minimum Gasteiger partial charge on any atom is -0.478 e. The van der Waals surface area contributed by atoms with Crippen molar-refractivity contribution in [1.29, 1.82) is 0 Å². The van der Waals surface area contributed by atoms with Crippen molar-refractivity contribution in [2.45, 2.75) is 90.8 Å². The number of hydrogen-bond donors (Lipinski definition) is 3. The van der Waals surface area contributed by atoms with E-state index in [2.05, 4.69) is 74.7 Å². The minimum absolute atomic E-state index is 0.0324. The van der Waals surface area contributed by atoms with Gasteiger partial charge in [-0.2, -0.15) is 10.2 Å². The zero-order valence-electron chi connectivity index (χ0n) is 46.7. The first-order valence-electron chi connectivity index (χ1n) is 25.7. The number of nitrogens with two attached hydrogens (primary N) is 1. The fraction of sp³-hybridized carbons (Fsp3) is 0.370. The standard InChI is InChI=1S/C27H33ClN8O2Si.C21H24ClN5O3Si.C6H11N3/c1-17(25-29-9-10-34(25)2)31-27(37)20-15-36(16-38-11-12-39(4,5)6)26-24(20)32-21(14-30-26)23-19-8-7-18(28)13-22(19)35(3)33-23;1-26-17-9-13(22)5-6-14(17)18(25-26)16-10-23-20-19(24-16)15(21(28)29)11-27(20)12-30-7-8-31(2,3)4;1-5(7)6-8-3-4-9(6)2/h7-10,13-15,17H,11-12,16H2,1-6H3,(H,31,37);5-6,9-11H,7-8,12H2,1-4H3,(H,28,29);3-5H,7H2,1-2H3. The number of imidazole rings is 2. The van der Waals surface area contributed by atoms with Crippen LogP contribution in [0.3, 0.4) is 0 Å². The summed E-state index contributed by atoms with van der Waals surface area (Å²) in [4.78, 5) is 52.6. The number of carboxylic acids is 1. The smallest absolute Gasteiger partial charge is 0.339 e. The van der Waals surface area contributed by atoms with Gasteiger partial charge in [0.05, 0.1) is 41.1 Å². The number of benzene rings is 2. The first-order valence-corrected chi connectivity index (χ1v) is 33.9. The predicted molar refractivity (Wildman–Crippen MR) is 315 cm³/mol. The Hall–Kier alpha value is -7.13. The number of amides is 1. The Morgan fingerprint density at radius 2 is 1.11 bits per heavy atom. The second kappa shape index (κ2) is 24.1. The van der Waals surface area contributed by atoms with Gasteiger partial charge < -0.3 is 43.9 Å². The molecule has 8 heterocycles. The fourth-order valence-corrected chi connectivity index (χ4v) is 10.6. The largest absolute Gasteiger partial charge is 0.478 e. The lowest BCUT2D eigenvalue weighted by Gasteiger charge is -2.15. The third-order valence-electron chi connectivity index (χ3n) is 13.0. The molecule has 0 saturated heterocycles. The second-order valence-corrected chi connectivity index (χ2v) is 34.0. The van der Waals surface area contributed by atoms with Crippen LogP contribution in [-0.4, -0.2) is 114 Å². The van der Waals surface area contributed by atoms with Crippen LogP contribution in [0.15, 0.2) is 86.0 Å². The number of ether oxygens (including phenoxy) is 2. The molecular weight excluding hydrogens is 1080 g/mol. The van der Waals surface area contributed by atoms with Crippen LogP contribution in [0, 0.1) is 0 Å². The Labute approximate surface area is 469 Å². The molecule has 10 aromatic rings. The summed E-state index contributed by atoms with van der Waals surface area (Å²) in [6.07, 6.45) is 13.8. The van der Waals surface area contributed by atoms with Crippen molar-refractivity contribution in [3.8, 4) is 22.8 Å². The molecule has 0 aliphatic carbocycles. The van der Waals surface area contributed by atoms with Crippen LogP contribution in [0.4, 0.5) is 0 Å². The van der Waals surface area contributed by atoms with Crippen molar-refractivity contribution >= 4 is 95.4 Å². The molecule has 2 atom stereocenters. The molecule has 0 spiro atoms. The van der Waals surface area contributed by atoms with Crippen molar-refractivity contribution in [3.63, 3.8) is 0 Å². The quantitative estimate of drug-likeness (QED) is 0.0567. The van der Waals surface area contributed by atoms with E-state index in [0.717, 1.165) is 45.5 Å². The molecular formula is C54H68Cl2N16O5Si2. The van der Waals surface area contributed by atoms with Crippen LogP contribution in [0.25, 0.3) is 66.9 Å². The summed E-state index contributed by atoms with van der Waals surface area (Å²) in [6, 6.07) is 12.9. The molecule has 21 nitrogen and oxygen atoms in total. The number of carbonyl (C=O) groups excluding carboxylic acids is 1. The van der Waals surface area contributed by atoms with E-state index in [9.17, 15) is 14.7 Å². The number of aromatic carboxylic acids is 1. The number of fused-ring (bicyclic) bond motifs is 4. The van der Waals surface area contributed by atoms with Crippen molar-refractivity contribution in [2.75, 3.05) is 13.2 Å². The molecule has 0 radical (unpaired) electrons. The van der Waals surface area contributed by atoms with E-state index < -0.39 is 22.1 Å². The Morgan fingerprint density at radius 1 is 0.671 bits per heavy atom. The first-order chi connectivity index (χ1) is 37.4. The highest BCUT2D eigenvalue weighted by atomic mass is 35.5. The lowest BCUT2D eigenvalue weighted by molar-refractivity contribution is 0.0695. The highest BCUT2D eigenvalue weighted by molar-refractivity contribution is 6.76. The highest BCUT2D eigenvalue weighted by Crippen LogP contribution is 2.32. The lowest BCUT2D eigenvalue weighted by atomic mass is 10.1. The topological polar surface area (TPSA) is 244 Å². The number of aryl methyl sites for hydroxylation is 4. The zero-order chi connectivity index (χ0) is 57.1. The normalized spacial score (nSPS) is 12.7. The van der Waals surface area contributed by atoms with Crippen molar-refractivity contribution in [1.82, 2.24) is 73.1 Å². The van der Waals surface area contributed by atoms with Gasteiger partial charge in [0.15, 0.2) is 11.3 Å². The molecule has 0 saturated carbocycles. The molecule has 2 aromatic carbocycles. The monoisotopic (exact) mass is 1150 g/mol. The molecule has 2 unspecified atom stereocenters. The first kappa shape index (κ1) is 58.0. The van der Waals surface area contributed by atoms with E-state index in [1.54, 1.807) is 51.0 Å². The summed E-state index contributed by atoms with van der Waals surface area (Å²) in [5.74, 6) is 0.359. The number of nitrogens with one attached hydrogen (secondary N) is 1. The Kier molecular flexibility index (Phi) is 17.7. The van der Waals surface area contributed by atoms with E-state index in [4.69, 9.17) is 48.4 Å². The van der Waals surface area contributed by atoms with Crippen molar-refractivity contribution < 1.29 is 24.2 Å². The lowest BCUT2D eigenvalue weighted by Crippen LogP contribution is -2.28. The molecule has 0 fully saturated rings. The maximum absolute atomic E-state index is 13.6. The molecule has 0 aliphatic heterocycles. The number of halogens is 2. The summed E-state index contributed by atoms with van der Waals surface area (Å²) in [7, 11) is 5.09. The van der Waals surface area contributed by atoms with E-state index in [-0.39, 0.29) is 37.0 Å². The number of hydrogen-bond acceptors (Lipinski definition) is 13. The molecule has 1 amide bonds. The van der Waals surface area contributed by atoms with Gasteiger partial charge in [0.2, 0.25) is 0 Å². The molecule has 4 N–H and O–H groups in total. The van der Waals surface area contributed by atoms with Crippen molar-refractivity contribution in [2.24, 2.45) is 33.9 Å². The van der Waals surface area contributed by atoms with Gasteiger partial charge in [-0.05, 0) is 62.3 Å². The van der Waals surface area contributed by atoms with Crippen LogP contribution in [-0.2, 0) is 51.1 Å². The highest BCUT2D eigenvalue weighted by Gasteiger charge is 2.25. The van der Waals surface area contributed by atoms with E-state index in [1.165, 1.54) is 6.20 Å². The van der Waals surface area contributed by atoms with Crippen LogP contribution in [0.1, 0.15) is 58.3 Å².